The summed E-state index contributed by atoms with van der Waals surface area (Å²) in [5.74, 6) is 0. The lowest BCUT2D eigenvalue weighted by atomic mass is 9.33. The molecule has 7 aromatic rings. The molecule has 7 aromatic carbocycles. The summed E-state index contributed by atoms with van der Waals surface area (Å²) in [5.41, 5.74) is 18.8. The molecular weight excluding hydrogens is 697 g/mol. The summed E-state index contributed by atoms with van der Waals surface area (Å²) in [5, 5.41) is 0. The highest BCUT2D eigenvalue weighted by Gasteiger charge is 2.44. The Morgan fingerprint density at radius 1 is 0.411 bits per heavy atom. The second-order valence-corrected chi connectivity index (χ2v) is 18.7. The van der Waals surface area contributed by atoms with Gasteiger partial charge < -0.3 is 14.7 Å². The van der Waals surface area contributed by atoms with Crippen LogP contribution in [0.2, 0.25) is 0 Å². The van der Waals surface area contributed by atoms with Crippen LogP contribution in [-0.2, 0) is 10.8 Å². The highest BCUT2D eigenvalue weighted by atomic mass is 32.2. The average molecular weight is 744 g/mol. The first-order valence-electron chi connectivity index (χ1n) is 19.8. The fourth-order valence-corrected chi connectivity index (χ4v) is 10.0. The molecule has 0 atom stereocenters. The number of anilines is 9. The number of hydrogen-bond donors (Lipinski definition) is 0. The zero-order valence-corrected chi connectivity index (χ0v) is 34.1. The minimum atomic E-state index is -0.00523. The van der Waals surface area contributed by atoms with Gasteiger partial charge in [0.25, 0.3) is 6.71 Å². The van der Waals surface area contributed by atoms with Gasteiger partial charge in [0.1, 0.15) is 0 Å². The van der Waals surface area contributed by atoms with Crippen molar-refractivity contribution in [2.45, 2.75) is 69.1 Å². The summed E-state index contributed by atoms with van der Waals surface area (Å²) < 4.78 is 0. The first kappa shape index (κ1) is 34.8. The predicted molar refractivity (Wildman–Crippen MR) is 241 cm³/mol. The van der Waals surface area contributed by atoms with Gasteiger partial charge in [-0.1, -0.05) is 126 Å². The lowest BCUT2D eigenvalue weighted by Gasteiger charge is -2.45. The number of fused-ring (bicyclic) bond motifs is 8. The van der Waals surface area contributed by atoms with Crippen LogP contribution in [0.3, 0.4) is 0 Å². The minimum Gasteiger partial charge on any atom is -0.311 e. The second-order valence-electron chi connectivity index (χ2n) is 17.6. The normalized spacial score (nSPS) is 14.1. The van der Waals surface area contributed by atoms with Crippen molar-refractivity contribution >= 4 is 86.0 Å². The van der Waals surface area contributed by atoms with E-state index in [0.29, 0.717) is 0 Å². The maximum absolute atomic E-state index is 2.57. The van der Waals surface area contributed by atoms with Gasteiger partial charge in [0.2, 0.25) is 0 Å². The Labute approximate surface area is 336 Å². The van der Waals surface area contributed by atoms with Crippen LogP contribution >= 0.6 is 11.8 Å². The molecule has 0 aromatic heterocycles. The molecule has 0 amide bonds. The van der Waals surface area contributed by atoms with E-state index in [1.165, 1.54) is 82.7 Å². The molecule has 0 saturated carbocycles. The zero-order valence-electron chi connectivity index (χ0n) is 33.3. The highest BCUT2D eigenvalue weighted by Crippen LogP contribution is 2.52. The smallest absolute Gasteiger partial charge is 0.252 e. The van der Waals surface area contributed by atoms with Gasteiger partial charge in [0, 0.05) is 49.6 Å². The molecule has 0 N–H and O–H groups in total. The molecule has 3 aliphatic heterocycles. The standard InChI is InChI=1S/C51H46BN3S/c1-33-29-45-49-46(30-33)55-43-18-12-14-20-48(43)56-47-19-13-11-17-42(47)53(36-15-9-8-10-16-36)38-26-27-39(44(55)32-38)52(49)40-31-35(51(5,6)7)23-28-41(40)54(45)37-24-21-34(22-25-37)50(2,3)4/h8-32H,1-7H3. The molecule has 0 saturated heterocycles. The van der Waals surface area contributed by atoms with Gasteiger partial charge in [0.05, 0.1) is 11.4 Å². The van der Waals surface area contributed by atoms with E-state index in [9.17, 15) is 0 Å². The molecule has 3 nitrogen and oxygen atoms in total. The molecule has 0 radical (unpaired) electrons. The summed E-state index contributed by atoms with van der Waals surface area (Å²) >= 11 is 1.85. The van der Waals surface area contributed by atoms with E-state index in [1.54, 1.807) is 0 Å². The van der Waals surface area contributed by atoms with Crippen molar-refractivity contribution in [3.8, 4) is 0 Å². The van der Waals surface area contributed by atoms with Gasteiger partial charge in [-0.15, -0.1) is 0 Å². The fourth-order valence-electron chi connectivity index (χ4n) is 8.96. The third-order valence-corrected chi connectivity index (χ3v) is 12.9. The minimum absolute atomic E-state index is 0.00523. The summed E-state index contributed by atoms with van der Waals surface area (Å²) in [4.78, 5) is 9.97. The monoisotopic (exact) mass is 743 g/mol. The molecule has 274 valence electrons. The molecule has 0 spiro atoms. The maximum atomic E-state index is 2.57. The van der Waals surface area contributed by atoms with Crippen LogP contribution in [0.5, 0.6) is 0 Å². The van der Waals surface area contributed by atoms with Crippen LogP contribution < -0.4 is 31.1 Å². The fraction of sp³-hybridized carbons (Fsp3) is 0.176. The lowest BCUT2D eigenvalue weighted by Crippen LogP contribution is -2.61. The van der Waals surface area contributed by atoms with Gasteiger partial charge in [-0.3, -0.25) is 0 Å². The molecule has 2 bridgehead atoms. The number of nitrogens with zero attached hydrogens (tertiary/aromatic N) is 3. The molecule has 0 aliphatic carbocycles. The first-order valence-corrected chi connectivity index (χ1v) is 20.6. The number of benzene rings is 7. The van der Waals surface area contributed by atoms with Gasteiger partial charge in [-0.2, -0.15) is 0 Å². The van der Waals surface area contributed by atoms with Crippen molar-refractivity contribution in [2.24, 2.45) is 0 Å². The Kier molecular flexibility index (Phi) is 7.89. The van der Waals surface area contributed by atoms with Crippen LogP contribution in [0.25, 0.3) is 0 Å². The van der Waals surface area contributed by atoms with Gasteiger partial charge in [0.15, 0.2) is 0 Å². The van der Waals surface area contributed by atoms with Crippen LogP contribution in [0.4, 0.5) is 51.2 Å². The molecule has 3 aliphatic rings. The lowest BCUT2D eigenvalue weighted by molar-refractivity contribution is 0.590. The summed E-state index contributed by atoms with van der Waals surface area (Å²) in [6.45, 7) is 16.2. The Morgan fingerprint density at radius 3 is 1.62 bits per heavy atom. The highest BCUT2D eigenvalue weighted by molar-refractivity contribution is 7.99. The van der Waals surface area contributed by atoms with E-state index >= 15 is 0 Å². The van der Waals surface area contributed by atoms with Crippen LogP contribution in [-0.4, -0.2) is 6.71 Å². The Balaban J connectivity index is 1.30. The van der Waals surface area contributed by atoms with E-state index in [2.05, 4.69) is 215 Å². The third kappa shape index (κ3) is 5.50. The topological polar surface area (TPSA) is 9.72 Å². The van der Waals surface area contributed by atoms with Crippen LogP contribution in [0.1, 0.15) is 58.2 Å². The van der Waals surface area contributed by atoms with Crippen LogP contribution in [0.15, 0.2) is 161 Å². The van der Waals surface area contributed by atoms with Crippen molar-refractivity contribution in [3.05, 3.63) is 168 Å². The quantitative estimate of drug-likeness (QED) is 0.163. The molecular formula is C51H46BN3S. The van der Waals surface area contributed by atoms with Gasteiger partial charge in [-0.25, -0.2) is 0 Å². The molecule has 0 unspecified atom stereocenters. The number of para-hydroxylation sites is 3. The number of hydrogen-bond acceptors (Lipinski definition) is 4. The maximum Gasteiger partial charge on any atom is 0.252 e. The summed E-state index contributed by atoms with van der Waals surface area (Å²) in [6, 6.07) is 57.2. The van der Waals surface area contributed by atoms with Gasteiger partial charge in [-0.05, 0) is 130 Å². The SMILES string of the molecule is Cc1cc2c3c(c1)N1c4ccccc4Sc4ccccc4N(c4ccccc4)c4ccc(c1c4)B3c1cc(C(C)(C)C)ccc1N2c1ccc(C(C)(C)C)cc1. The Morgan fingerprint density at radius 2 is 0.964 bits per heavy atom. The zero-order chi connectivity index (χ0) is 38.5. The van der Waals surface area contributed by atoms with Crippen LogP contribution in [0, 0.1) is 6.92 Å². The van der Waals surface area contributed by atoms with Crippen molar-refractivity contribution in [3.63, 3.8) is 0 Å². The third-order valence-electron chi connectivity index (χ3n) is 11.8. The molecule has 3 heterocycles. The largest absolute Gasteiger partial charge is 0.311 e. The molecule has 0 fully saturated rings. The average Bonchev–Trinajstić information content (AvgIpc) is 3.18. The number of rotatable bonds is 2. The Hall–Kier alpha value is -5.65. The predicted octanol–water partition coefficient (Wildman–Crippen LogP) is 12.6. The van der Waals surface area contributed by atoms with Crippen molar-refractivity contribution in [1.82, 2.24) is 0 Å². The van der Waals surface area contributed by atoms with E-state index in [1.807, 2.05) is 11.8 Å². The van der Waals surface area contributed by atoms with E-state index in [-0.39, 0.29) is 17.5 Å². The summed E-state index contributed by atoms with van der Waals surface area (Å²) in [6.07, 6.45) is 0. The van der Waals surface area contributed by atoms with E-state index in [0.717, 1.165) is 11.4 Å². The second kappa shape index (κ2) is 12.7. The van der Waals surface area contributed by atoms with E-state index < -0.39 is 0 Å². The van der Waals surface area contributed by atoms with Crippen molar-refractivity contribution < 1.29 is 0 Å². The van der Waals surface area contributed by atoms with E-state index in [4.69, 9.17) is 0 Å². The van der Waals surface area contributed by atoms with Gasteiger partial charge >= 0.3 is 0 Å². The number of aryl methyl sites for hydroxylation is 1. The molecule has 10 rings (SSSR count). The molecule has 5 heteroatoms. The van der Waals surface area contributed by atoms with Crippen molar-refractivity contribution in [1.29, 1.82) is 0 Å². The molecule has 56 heavy (non-hydrogen) atoms. The first-order chi connectivity index (χ1) is 27.0. The summed E-state index contributed by atoms with van der Waals surface area (Å²) in [7, 11) is 0. The van der Waals surface area contributed by atoms with Crippen molar-refractivity contribution in [2.75, 3.05) is 14.7 Å². The Bertz CT molecular complexity index is 2670.